The predicted octanol–water partition coefficient (Wildman–Crippen LogP) is 3.24. The molecule has 324 valence electrons. The molecule has 0 aliphatic rings. The summed E-state index contributed by atoms with van der Waals surface area (Å²) in [5.41, 5.74) is 1.46. The van der Waals surface area contributed by atoms with Gasteiger partial charge in [0.25, 0.3) is 0 Å². The van der Waals surface area contributed by atoms with Crippen LogP contribution in [0.25, 0.3) is 0 Å². The van der Waals surface area contributed by atoms with Gasteiger partial charge in [0.15, 0.2) is 0 Å². The van der Waals surface area contributed by atoms with Crippen molar-refractivity contribution in [2.75, 3.05) is 169 Å². The maximum atomic E-state index is 11.1. The zero-order valence-electron chi connectivity index (χ0n) is 33.7. The van der Waals surface area contributed by atoms with E-state index in [2.05, 4.69) is 10.6 Å². The quantitative estimate of drug-likeness (QED) is 0.0937. The first-order valence-electron chi connectivity index (χ1n) is 19.4. The fraction of sp³-hybridized carbons (Fsp3) is 0.650. The molecule has 0 bridgehead atoms. The van der Waals surface area contributed by atoms with Gasteiger partial charge in [-0.2, -0.15) is 0 Å². The van der Waals surface area contributed by atoms with Gasteiger partial charge in [-0.25, -0.2) is 0 Å². The van der Waals surface area contributed by atoms with Crippen LogP contribution >= 0.6 is 0 Å². The summed E-state index contributed by atoms with van der Waals surface area (Å²) < 4.78 is 71.6. The summed E-state index contributed by atoms with van der Waals surface area (Å²) >= 11 is 0. The monoisotopic (exact) mass is 812 g/mol. The van der Waals surface area contributed by atoms with Gasteiger partial charge in [0.1, 0.15) is 24.7 Å². The molecule has 2 amide bonds. The Hall–Kier alpha value is -3.46. The molecule has 0 aliphatic carbocycles. The number of hydrogen-bond donors (Lipinski definition) is 2. The molecule has 0 fully saturated rings. The second-order valence-corrected chi connectivity index (χ2v) is 11.8. The number of nitrogens with one attached hydrogen (secondary N) is 2. The second kappa shape index (κ2) is 36.9. The van der Waals surface area contributed by atoms with Crippen LogP contribution in [-0.4, -0.2) is 170 Å². The number of ether oxygens (including phenoxy) is 13. The summed E-state index contributed by atoms with van der Waals surface area (Å²) in [5, 5.41) is 5.42. The Bertz CT molecular complexity index is 1130. The fourth-order valence-electron chi connectivity index (χ4n) is 4.41. The van der Waals surface area contributed by atoms with Gasteiger partial charge < -0.3 is 72.2 Å². The number of rotatable bonds is 40. The van der Waals surface area contributed by atoms with Crippen LogP contribution in [0.15, 0.2) is 48.5 Å². The highest BCUT2D eigenvalue weighted by Crippen LogP contribution is 2.16. The summed E-state index contributed by atoms with van der Waals surface area (Å²) in [6, 6.07) is 14.3. The highest BCUT2D eigenvalue weighted by Gasteiger charge is 2.01. The molecule has 0 aliphatic heterocycles. The lowest BCUT2D eigenvalue weighted by Gasteiger charge is -2.09. The summed E-state index contributed by atoms with van der Waals surface area (Å²) in [7, 11) is 0. The zero-order chi connectivity index (χ0) is 40.7. The first kappa shape index (κ1) is 49.7. The minimum absolute atomic E-state index is 0.112. The Morgan fingerprint density at radius 1 is 0.316 bits per heavy atom. The van der Waals surface area contributed by atoms with Crippen LogP contribution in [-0.2, 0) is 61.7 Å². The lowest BCUT2D eigenvalue weighted by atomic mass is 10.3. The molecule has 17 heteroatoms. The smallest absolute Gasteiger partial charge is 0.221 e. The van der Waals surface area contributed by atoms with Crippen molar-refractivity contribution in [2.24, 2.45) is 0 Å². The van der Waals surface area contributed by atoms with Crippen molar-refractivity contribution in [3.63, 3.8) is 0 Å². The highest BCUT2D eigenvalue weighted by atomic mass is 16.6. The number of anilines is 2. The number of hydrogen-bond acceptors (Lipinski definition) is 15. The summed E-state index contributed by atoms with van der Waals surface area (Å²) in [4.78, 5) is 22.1. The van der Waals surface area contributed by atoms with Crippen molar-refractivity contribution in [2.45, 2.75) is 13.8 Å². The molecule has 0 atom stereocenters. The molecule has 0 saturated heterocycles. The normalized spacial score (nSPS) is 11.1. The van der Waals surface area contributed by atoms with Crippen LogP contribution in [0.4, 0.5) is 11.4 Å². The molecular weight excluding hydrogens is 748 g/mol. The summed E-state index contributed by atoms with van der Waals surface area (Å²) in [6.45, 7) is 14.3. The molecular formula is C40H64N2O15. The van der Waals surface area contributed by atoms with Crippen LogP contribution in [0.3, 0.4) is 0 Å². The average molecular weight is 813 g/mol. The van der Waals surface area contributed by atoms with Gasteiger partial charge in [-0.3, -0.25) is 9.59 Å². The van der Waals surface area contributed by atoms with E-state index in [1.54, 1.807) is 48.5 Å². The van der Waals surface area contributed by atoms with Crippen LogP contribution < -0.4 is 20.1 Å². The number of benzene rings is 2. The topological polar surface area (TPSA) is 178 Å². The fourth-order valence-corrected chi connectivity index (χ4v) is 4.41. The minimum atomic E-state index is -0.112. The Kier molecular flexibility index (Phi) is 32.1. The van der Waals surface area contributed by atoms with E-state index in [-0.39, 0.29) is 11.8 Å². The van der Waals surface area contributed by atoms with Crippen molar-refractivity contribution in [1.82, 2.24) is 0 Å². The lowest BCUT2D eigenvalue weighted by molar-refractivity contribution is -0.115. The SMILES string of the molecule is CC(=O)Nc1ccc(OCCOCCOCCOCCOCCOCCOCCOCCOCCOCCOCCOCCOc2ccc(NC(C)=O)cc2)cc1. The molecule has 17 nitrogen and oxygen atoms in total. The second-order valence-electron chi connectivity index (χ2n) is 11.8. The molecule has 0 aromatic heterocycles. The Morgan fingerprint density at radius 3 is 0.667 bits per heavy atom. The number of amides is 2. The molecule has 2 N–H and O–H groups in total. The first-order valence-corrected chi connectivity index (χ1v) is 19.4. The van der Waals surface area contributed by atoms with E-state index in [0.717, 1.165) is 11.4 Å². The van der Waals surface area contributed by atoms with Crippen molar-refractivity contribution in [3.05, 3.63) is 48.5 Å². The molecule has 2 aromatic carbocycles. The van der Waals surface area contributed by atoms with Crippen LogP contribution in [0, 0.1) is 0 Å². The third kappa shape index (κ3) is 32.2. The maximum Gasteiger partial charge on any atom is 0.221 e. The third-order valence-corrected chi connectivity index (χ3v) is 7.06. The maximum absolute atomic E-state index is 11.1. The number of carbonyl (C=O) groups excluding carboxylic acids is 2. The molecule has 0 radical (unpaired) electrons. The van der Waals surface area contributed by atoms with Gasteiger partial charge in [0.05, 0.1) is 145 Å². The van der Waals surface area contributed by atoms with Gasteiger partial charge in [0.2, 0.25) is 11.8 Å². The van der Waals surface area contributed by atoms with E-state index >= 15 is 0 Å². The Balaban J connectivity index is 1.16. The van der Waals surface area contributed by atoms with E-state index in [9.17, 15) is 9.59 Å². The predicted molar refractivity (Wildman–Crippen MR) is 211 cm³/mol. The summed E-state index contributed by atoms with van der Waals surface area (Å²) in [5.74, 6) is 1.20. The molecule has 2 aromatic rings. The molecule has 0 heterocycles. The lowest BCUT2D eigenvalue weighted by Crippen LogP contribution is -2.15. The average Bonchev–Trinajstić information content (AvgIpc) is 3.20. The standard InChI is InChI=1S/C40H64N2O15/c1-35(43)41-37-3-7-39(8-4-37)56-33-31-54-29-27-52-25-23-50-21-19-48-17-15-46-13-11-45-12-14-47-16-18-49-20-22-51-24-26-53-28-30-55-32-34-57-40-9-5-38(6-10-40)42-36(2)44/h3-10H,11-34H2,1-2H3,(H,41,43)(H,42,44). The van der Waals surface area contributed by atoms with Crippen molar-refractivity contribution >= 4 is 23.2 Å². The van der Waals surface area contributed by atoms with E-state index in [1.807, 2.05) is 0 Å². The Morgan fingerprint density at radius 2 is 0.491 bits per heavy atom. The van der Waals surface area contributed by atoms with Crippen molar-refractivity contribution < 1.29 is 71.2 Å². The molecule has 57 heavy (non-hydrogen) atoms. The first-order chi connectivity index (χ1) is 28.0. The van der Waals surface area contributed by atoms with Gasteiger partial charge in [-0.05, 0) is 48.5 Å². The van der Waals surface area contributed by atoms with E-state index in [0.29, 0.717) is 170 Å². The summed E-state index contributed by atoms with van der Waals surface area (Å²) in [6.07, 6.45) is 0. The number of carbonyl (C=O) groups is 2. The van der Waals surface area contributed by atoms with Crippen LogP contribution in [0.2, 0.25) is 0 Å². The third-order valence-electron chi connectivity index (χ3n) is 7.06. The van der Waals surface area contributed by atoms with E-state index in [1.165, 1.54) is 13.8 Å². The van der Waals surface area contributed by atoms with Crippen LogP contribution in [0.5, 0.6) is 11.5 Å². The van der Waals surface area contributed by atoms with Crippen molar-refractivity contribution in [1.29, 1.82) is 0 Å². The van der Waals surface area contributed by atoms with Gasteiger partial charge >= 0.3 is 0 Å². The Labute approximate surface area is 337 Å². The van der Waals surface area contributed by atoms with Gasteiger partial charge in [0, 0.05) is 25.2 Å². The largest absolute Gasteiger partial charge is 0.491 e. The van der Waals surface area contributed by atoms with Gasteiger partial charge in [-0.15, -0.1) is 0 Å². The minimum Gasteiger partial charge on any atom is -0.491 e. The van der Waals surface area contributed by atoms with E-state index < -0.39 is 0 Å². The van der Waals surface area contributed by atoms with Gasteiger partial charge in [-0.1, -0.05) is 0 Å². The highest BCUT2D eigenvalue weighted by molar-refractivity contribution is 5.89. The van der Waals surface area contributed by atoms with Crippen molar-refractivity contribution in [3.8, 4) is 11.5 Å². The molecule has 0 unspecified atom stereocenters. The molecule has 0 saturated carbocycles. The zero-order valence-corrected chi connectivity index (χ0v) is 33.7. The van der Waals surface area contributed by atoms with Crippen LogP contribution in [0.1, 0.15) is 13.8 Å². The molecule has 2 rings (SSSR count). The molecule has 0 spiro atoms. The van der Waals surface area contributed by atoms with E-state index in [4.69, 9.17) is 61.6 Å².